The van der Waals surface area contributed by atoms with Gasteiger partial charge in [0.05, 0.1) is 5.69 Å². The Hall–Kier alpha value is -0.830. The van der Waals surface area contributed by atoms with Crippen LogP contribution in [-0.4, -0.2) is 14.9 Å². The van der Waals surface area contributed by atoms with Crippen LogP contribution in [0.1, 0.15) is 57.7 Å². The Morgan fingerprint density at radius 1 is 1.41 bits per heavy atom. The molecule has 17 heavy (non-hydrogen) atoms. The first-order chi connectivity index (χ1) is 8.05. The quantitative estimate of drug-likeness (QED) is 0.872. The van der Waals surface area contributed by atoms with Gasteiger partial charge >= 0.3 is 0 Å². The summed E-state index contributed by atoms with van der Waals surface area (Å²) in [5.74, 6) is 0.635. The molecule has 1 aromatic rings. The first kappa shape index (κ1) is 12.6. The summed E-state index contributed by atoms with van der Waals surface area (Å²) in [5, 5.41) is 14.9. The fraction of sp³-hybridized carbons (Fsp3) is 0.786. The molecule has 1 fully saturated rings. The number of hydrogen-bond donors (Lipinski definition) is 1. The first-order valence-corrected chi connectivity index (χ1v) is 6.71. The minimum Gasteiger partial charge on any atom is -0.386 e. The van der Waals surface area contributed by atoms with E-state index < -0.39 is 0 Å². The molecule has 0 bridgehead atoms. The fourth-order valence-corrected chi connectivity index (χ4v) is 3.45. The number of rotatable bonds is 4. The number of aliphatic hydroxyl groups is 1. The molecule has 1 aliphatic carbocycles. The molecule has 0 radical (unpaired) electrons. The number of aromatic nitrogens is 2. The Bertz CT molecular complexity index is 364. The second-order valence-corrected chi connectivity index (χ2v) is 5.95. The maximum absolute atomic E-state index is 10.7. The van der Waals surface area contributed by atoms with Gasteiger partial charge < -0.3 is 5.11 Å². The van der Waals surface area contributed by atoms with Crippen LogP contribution >= 0.6 is 0 Å². The van der Waals surface area contributed by atoms with Crippen LogP contribution in [0.15, 0.2) is 12.3 Å². The Labute approximate surface area is 104 Å². The molecule has 0 amide bonds. The predicted molar refractivity (Wildman–Crippen MR) is 68.5 cm³/mol. The molecule has 1 aliphatic rings. The van der Waals surface area contributed by atoms with Gasteiger partial charge in [-0.25, -0.2) is 0 Å². The number of nitrogens with zero attached hydrogens (tertiary/aromatic N) is 2. The standard InChI is InChI=1S/C14H24N2O/c1-11(2)10-14(7-4-5-8-14)13(17)12-6-9-15-16(12)3/h6,9,11,13,17H,4-5,7-8,10H2,1-3H3. The van der Waals surface area contributed by atoms with Crippen molar-refractivity contribution < 1.29 is 5.11 Å². The van der Waals surface area contributed by atoms with Gasteiger partial charge in [0.25, 0.3) is 0 Å². The lowest BCUT2D eigenvalue weighted by molar-refractivity contribution is 0.00560. The molecular weight excluding hydrogens is 212 g/mol. The third-order valence-electron chi connectivity index (χ3n) is 4.13. The molecular formula is C14H24N2O. The van der Waals surface area contributed by atoms with Crippen molar-refractivity contribution in [3.8, 4) is 0 Å². The lowest BCUT2D eigenvalue weighted by atomic mass is 9.73. The maximum Gasteiger partial charge on any atom is 0.101 e. The van der Waals surface area contributed by atoms with Crippen LogP contribution in [0, 0.1) is 11.3 Å². The largest absolute Gasteiger partial charge is 0.386 e. The van der Waals surface area contributed by atoms with E-state index >= 15 is 0 Å². The van der Waals surface area contributed by atoms with Crippen molar-refractivity contribution in [3.63, 3.8) is 0 Å². The van der Waals surface area contributed by atoms with Gasteiger partial charge in [-0.1, -0.05) is 26.7 Å². The van der Waals surface area contributed by atoms with Crippen LogP contribution in [0.4, 0.5) is 0 Å². The van der Waals surface area contributed by atoms with Gasteiger partial charge in [-0.3, -0.25) is 4.68 Å². The normalized spacial score (nSPS) is 21.0. The second kappa shape index (κ2) is 4.81. The van der Waals surface area contributed by atoms with Crippen LogP contribution in [-0.2, 0) is 7.05 Å². The van der Waals surface area contributed by atoms with Crippen molar-refractivity contribution in [1.29, 1.82) is 0 Å². The van der Waals surface area contributed by atoms with E-state index in [2.05, 4.69) is 18.9 Å². The van der Waals surface area contributed by atoms with Crippen molar-refractivity contribution in [1.82, 2.24) is 9.78 Å². The summed E-state index contributed by atoms with van der Waals surface area (Å²) in [6, 6.07) is 1.95. The van der Waals surface area contributed by atoms with Crippen molar-refractivity contribution in [2.45, 2.75) is 52.1 Å². The highest BCUT2D eigenvalue weighted by Gasteiger charge is 2.42. The summed E-state index contributed by atoms with van der Waals surface area (Å²) < 4.78 is 1.81. The SMILES string of the molecule is CC(C)CC1(C(O)c2ccnn2C)CCCC1. The summed E-state index contributed by atoms with van der Waals surface area (Å²) >= 11 is 0. The zero-order valence-electron chi connectivity index (χ0n) is 11.2. The average Bonchev–Trinajstić information content (AvgIpc) is 2.86. The molecule has 3 nitrogen and oxygen atoms in total. The third kappa shape index (κ3) is 2.39. The molecule has 1 aromatic heterocycles. The van der Waals surface area contributed by atoms with E-state index in [1.807, 2.05) is 17.8 Å². The minimum atomic E-state index is -0.361. The van der Waals surface area contributed by atoms with Gasteiger partial charge in [0.1, 0.15) is 6.10 Å². The number of aliphatic hydroxyl groups excluding tert-OH is 1. The molecule has 96 valence electrons. The monoisotopic (exact) mass is 236 g/mol. The maximum atomic E-state index is 10.7. The zero-order valence-corrected chi connectivity index (χ0v) is 11.2. The van der Waals surface area contributed by atoms with E-state index in [4.69, 9.17) is 0 Å². The molecule has 1 atom stereocenters. The molecule has 0 spiro atoms. The predicted octanol–water partition coefficient (Wildman–Crippen LogP) is 3.06. The van der Waals surface area contributed by atoms with E-state index in [9.17, 15) is 5.11 Å². The molecule has 1 unspecified atom stereocenters. The van der Waals surface area contributed by atoms with Gasteiger partial charge in [0, 0.05) is 18.7 Å². The van der Waals surface area contributed by atoms with Crippen LogP contribution in [0.25, 0.3) is 0 Å². The van der Waals surface area contributed by atoms with Crippen molar-refractivity contribution >= 4 is 0 Å². The summed E-state index contributed by atoms with van der Waals surface area (Å²) in [6.45, 7) is 4.49. The Morgan fingerprint density at radius 3 is 2.53 bits per heavy atom. The minimum absolute atomic E-state index is 0.0853. The highest BCUT2D eigenvalue weighted by molar-refractivity contribution is 5.10. The van der Waals surface area contributed by atoms with Crippen molar-refractivity contribution in [3.05, 3.63) is 18.0 Å². The van der Waals surface area contributed by atoms with Gasteiger partial charge in [0.15, 0.2) is 0 Å². The van der Waals surface area contributed by atoms with Gasteiger partial charge in [-0.2, -0.15) is 5.10 Å². The van der Waals surface area contributed by atoms with Crippen LogP contribution in [0.5, 0.6) is 0 Å². The van der Waals surface area contributed by atoms with Gasteiger partial charge in [-0.05, 0) is 31.2 Å². The Balaban J connectivity index is 2.24. The van der Waals surface area contributed by atoms with Crippen molar-refractivity contribution in [2.24, 2.45) is 18.4 Å². The topological polar surface area (TPSA) is 38.1 Å². The van der Waals surface area contributed by atoms with Crippen molar-refractivity contribution in [2.75, 3.05) is 0 Å². The molecule has 1 N–H and O–H groups in total. The summed E-state index contributed by atoms with van der Waals surface area (Å²) in [6.07, 6.45) is 7.33. The van der Waals surface area contributed by atoms with Crippen LogP contribution in [0.3, 0.4) is 0 Å². The van der Waals surface area contributed by atoms with Crippen LogP contribution < -0.4 is 0 Å². The van der Waals surface area contributed by atoms with E-state index in [1.165, 1.54) is 12.8 Å². The van der Waals surface area contributed by atoms with Gasteiger partial charge in [0.2, 0.25) is 0 Å². The average molecular weight is 236 g/mol. The van der Waals surface area contributed by atoms with E-state index in [1.54, 1.807) is 6.20 Å². The molecule has 3 heteroatoms. The zero-order chi connectivity index (χ0) is 12.5. The van der Waals surface area contributed by atoms with E-state index in [0.717, 1.165) is 25.0 Å². The second-order valence-electron chi connectivity index (χ2n) is 5.95. The molecule has 2 rings (SSSR count). The first-order valence-electron chi connectivity index (χ1n) is 6.71. The highest BCUT2D eigenvalue weighted by Crippen LogP contribution is 2.51. The lowest BCUT2D eigenvalue weighted by Gasteiger charge is -2.36. The third-order valence-corrected chi connectivity index (χ3v) is 4.13. The number of aryl methyl sites for hydroxylation is 1. The molecule has 0 saturated heterocycles. The Morgan fingerprint density at radius 2 is 2.06 bits per heavy atom. The summed E-state index contributed by atoms with van der Waals surface area (Å²) in [7, 11) is 1.91. The molecule has 1 heterocycles. The number of hydrogen-bond acceptors (Lipinski definition) is 2. The van der Waals surface area contributed by atoms with E-state index in [-0.39, 0.29) is 11.5 Å². The molecule has 0 aromatic carbocycles. The summed E-state index contributed by atoms with van der Waals surface area (Å²) in [4.78, 5) is 0. The smallest absolute Gasteiger partial charge is 0.101 e. The van der Waals surface area contributed by atoms with Gasteiger partial charge in [-0.15, -0.1) is 0 Å². The van der Waals surface area contributed by atoms with Crippen LogP contribution in [0.2, 0.25) is 0 Å². The molecule has 0 aliphatic heterocycles. The highest BCUT2D eigenvalue weighted by atomic mass is 16.3. The van der Waals surface area contributed by atoms with E-state index in [0.29, 0.717) is 5.92 Å². The summed E-state index contributed by atoms with van der Waals surface area (Å²) in [5.41, 5.74) is 1.05. The fourth-order valence-electron chi connectivity index (χ4n) is 3.45. The lowest BCUT2D eigenvalue weighted by Crippen LogP contribution is -2.29. The molecule has 1 saturated carbocycles. The Kier molecular flexibility index (Phi) is 3.57.